The van der Waals surface area contributed by atoms with Gasteiger partial charge in [0.05, 0.1) is 12.2 Å². The second-order valence-electron chi connectivity index (χ2n) is 5.42. The molecule has 1 aromatic heterocycles. The summed E-state index contributed by atoms with van der Waals surface area (Å²) >= 11 is 0. The molecule has 1 atom stereocenters. The molecule has 0 bridgehead atoms. The van der Waals surface area contributed by atoms with Crippen molar-refractivity contribution in [1.29, 1.82) is 0 Å². The summed E-state index contributed by atoms with van der Waals surface area (Å²) in [5.41, 5.74) is 2.78. The Labute approximate surface area is 123 Å². The molecule has 0 saturated carbocycles. The fourth-order valence-electron chi connectivity index (χ4n) is 2.75. The SMILES string of the molecule is Cc1nc2n(c1C)CCN(C(=O)C(O)c1ccccc1)C2. The van der Waals surface area contributed by atoms with Crippen LogP contribution in [0.25, 0.3) is 0 Å². The summed E-state index contributed by atoms with van der Waals surface area (Å²) in [5, 5.41) is 10.2. The third-order valence-corrected chi connectivity index (χ3v) is 4.12. The Morgan fingerprint density at radius 2 is 1.95 bits per heavy atom. The molecule has 2 heterocycles. The van der Waals surface area contributed by atoms with Gasteiger partial charge in [-0.05, 0) is 19.4 Å². The molecule has 0 fully saturated rings. The number of aromatic nitrogens is 2. The first-order chi connectivity index (χ1) is 10.1. The van der Waals surface area contributed by atoms with Crippen LogP contribution in [0.1, 0.15) is 28.9 Å². The van der Waals surface area contributed by atoms with Crippen molar-refractivity contribution in [1.82, 2.24) is 14.5 Å². The standard InChI is InChI=1S/C16H19N3O2/c1-11-12(2)19-9-8-18(10-14(19)17-11)16(21)15(20)13-6-4-3-5-7-13/h3-7,15,20H,8-10H2,1-2H3. The fourth-order valence-corrected chi connectivity index (χ4v) is 2.75. The first-order valence-corrected chi connectivity index (χ1v) is 7.12. The van der Waals surface area contributed by atoms with Crippen molar-refractivity contribution in [2.75, 3.05) is 6.54 Å². The zero-order valence-electron chi connectivity index (χ0n) is 12.3. The van der Waals surface area contributed by atoms with E-state index in [-0.39, 0.29) is 5.91 Å². The number of aliphatic hydroxyl groups excluding tert-OH is 1. The Morgan fingerprint density at radius 3 is 2.67 bits per heavy atom. The highest BCUT2D eigenvalue weighted by Crippen LogP contribution is 2.21. The second-order valence-corrected chi connectivity index (χ2v) is 5.42. The molecule has 1 amide bonds. The van der Waals surface area contributed by atoms with Crippen molar-refractivity contribution in [2.24, 2.45) is 0 Å². The fraction of sp³-hybridized carbons (Fsp3) is 0.375. The maximum Gasteiger partial charge on any atom is 0.256 e. The van der Waals surface area contributed by atoms with Gasteiger partial charge in [0.15, 0.2) is 6.10 Å². The van der Waals surface area contributed by atoms with E-state index in [1.165, 1.54) is 0 Å². The van der Waals surface area contributed by atoms with Gasteiger partial charge in [-0.25, -0.2) is 4.98 Å². The Morgan fingerprint density at radius 1 is 1.24 bits per heavy atom. The summed E-state index contributed by atoms with van der Waals surface area (Å²) in [6.45, 7) is 5.81. The normalized spacial score (nSPS) is 15.7. The number of amides is 1. The molecule has 1 aliphatic rings. The molecule has 21 heavy (non-hydrogen) atoms. The maximum absolute atomic E-state index is 12.4. The Kier molecular flexibility index (Phi) is 3.51. The Balaban J connectivity index is 1.78. The zero-order valence-corrected chi connectivity index (χ0v) is 12.3. The minimum atomic E-state index is -1.10. The van der Waals surface area contributed by atoms with Crippen LogP contribution in [0.15, 0.2) is 30.3 Å². The number of nitrogens with zero attached hydrogens (tertiary/aromatic N) is 3. The number of aliphatic hydroxyl groups is 1. The van der Waals surface area contributed by atoms with E-state index in [1.54, 1.807) is 17.0 Å². The van der Waals surface area contributed by atoms with Crippen LogP contribution in [0, 0.1) is 13.8 Å². The van der Waals surface area contributed by atoms with E-state index in [0.29, 0.717) is 18.7 Å². The molecule has 0 spiro atoms. The number of rotatable bonds is 2. The second kappa shape index (κ2) is 5.33. The predicted molar refractivity (Wildman–Crippen MR) is 78.5 cm³/mol. The molecular weight excluding hydrogens is 266 g/mol. The highest BCUT2D eigenvalue weighted by Gasteiger charge is 2.28. The van der Waals surface area contributed by atoms with Gasteiger partial charge in [0.25, 0.3) is 5.91 Å². The number of hydrogen-bond donors (Lipinski definition) is 1. The molecule has 110 valence electrons. The third-order valence-electron chi connectivity index (χ3n) is 4.12. The van der Waals surface area contributed by atoms with Crippen LogP contribution < -0.4 is 0 Å². The summed E-state index contributed by atoms with van der Waals surface area (Å²) < 4.78 is 2.15. The largest absolute Gasteiger partial charge is 0.378 e. The molecule has 5 nitrogen and oxygen atoms in total. The smallest absolute Gasteiger partial charge is 0.256 e. The molecular formula is C16H19N3O2. The summed E-state index contributed by atoms with van der Waals surface area (Å²) in [4.78, 5) is 18.6. The number of aryl methyl sites for hydroxylation is 1. The molecule has 2 aromatic rings. The lowest BCUT2D eigenvalue weighted by molar-refractivity contribution is -0.142. The lowest BCUT2D eigenvalue weighted by Gasteiger charge is -2.30. The van der Waals surface area contributed by atoms with Gasteiger partial charge >= 0.3 is 0 Å². The molecule has 0 aliphatic carbocycles. The van der Waals surface area contributed by atoms with Crippen LogP contribution in [0.5, 0.6) is 0 Å². The van der Waals surface area contributed by atoms with Gasteiger partial charge in [0.1, 0.15) is 5.82 Å². The van der Waals surface area contributed by atoms with Crippen molar-refractivity contribution in [3.8, 4) is 0 Å². The monoisotopic (exact) mass is 285 g/mol. The van der Waals surface area contributed by atoms with E-state index < -0.39 is 6.10 Å². The molecule has 1 unspecified atom stereocenters. The van der Waals surface area contributed by atoms with E-state index in [9.17, 15) is 9.90 Å². The predicted octanol–water partition coefficient (Wildman–Crippen LogP) is 1.58. The summed E-state index contributed by atoms with van der Waals surface area (Å²) in [7, 11) is 0. The van der Waals surface area contributed by atoms with E-state index in [4.69, 9.17) is 0 Å². The lowest BCUT2D eigenvalue weighted by atomic mass is 10.1. The molecule has 3 rings (SSSR count). The Hall–Kier alpha value is -2.14. The lowest BCUT2D eigenvalue weighted by Crippen LogP contribution is -2.41. The average Bonchev–Trinajstić information content (AvgIpc) is 2.81. The van der Waals surface area contributed by atoms with Crippen LogP contribution in [0.2, 0.25) is 0 Å². The van der Waals surface area contributed by atoms with Crippen LogP contribution in [-0.2, 0) is 17.9 Å². The number of carbonyl (C=O) groups excluding carboxylic acids is 1. The minimum absolute atomic E-state index is 0.259. The summed E-state index contributed by atoms with van der Waals surface area (Å²) in [6.07, 6.45) is -1.10. The van der Waals surface area contributed by atoms with Crippen molar-refractivity contribution in [3.05, 3.63) is 53.1 Å². The minimum Gasteiger partial charge on any atom is -0.378 e. The van der Waals surface area contributed by atoms with Crippen LogP contribution in [0.3, 0.4) is 0 Å². The van der Waals surface area contributed by atoms with E-state index >= 15 is 0 Å². The van der Waals surface area contributed by atoms with Gasteiger partial charge in [0.2, 0.25) is 0 Å². The van der Waals surface area contributed by atoms with Crippen LogP contribution in [0.4, 0.5) is 0 Å². The molecule has 1 N–H and O–H groups in total. The van der Waals surface area contributed by atoms with Gasteiger partial charge in [-0.1, -0.05) is 30.3 Å². The van der Waals surface area contributed by atoms with Gasteiger partial charge in [-0.3, -0.25) is 4.79 Å². The number of hydrogen-bond acceptors (Lipinski definition) is 3. The van der Waals surface area contributed by atoms with E-state index in [0.717, 1.165) is 23.8 Å². The van der Waals surface area contributed by atoms with E-state index in [1.807, 2.05) is 32.0 Å². The quantitative estimate of drug-likeness (QED) is 0.911. The number of fused-ring (bicyclic) bond motifs is 1. The van der Waals surface area contributed by atoms with Crippen LogP contribution in [-0.4, -0.2) is 32.0 Å². The number of carbonyl (C=O) groups is 1. The molecule has 5 heteroatoms. The molecule has 0 saturated heterocycles. The Bertz CT molecular complexity index is 664. The maximum atomic E-state index is 12.4. The molecule has 1 aromatic carbocycles. The topological polar surface area (TPSA) is 58.4 Å². The highest BCUT2D eigenvalue weighted by molar-refractivity contribution is 5.82. The van der Waals surface area contributed by atoms with Gasteiger partial charge < -0.3 is 14.6 Å². The number of benzene rings is 1. The molecule has 0 radical (unpaired) electrons. The van der Waals surface area contributed by atoms with Crippen LogP contribution >= 0.6 is 0 Å². The van der Waals surface area contributed by atoms with Crippen molar-refractivity contribution >= 4 is 5.91 Å². The summed E-state index contributed by atoms with van der Waals surface area (Å²) in [6, 6.07) is 9.04. The van der Waals surface area contributed by atoms with Gasteiger partial charge in [-0.2, -0.15) is 0 Å². The number of imidazole rings is 1. The van der Waals surface area contributed by atoms with Crippen molar-refractivity contribution in [3.63, 3.8) is 0 Å². The van der Waals surface area contributed by atoms with Crippen molar-refractivity contribution < 1.29 is 9.90 Å². The molecule has 1 aliphatic heterocycles. The highest BCUT2D eigenvalue weighted by atomic mass is 16.3. The van der Waals surface area contributed by atoms with Gasteiger partial charge in [-0.15, -0.1) is 0 Å². The van der Waals surface area contributed by atoms with Gasteiger partial charge in [0, 0.05) is 18.8 Å². The average molecular weight is 285 g/mol. The first kappa shape index (κ1) is 13.8. The first-order valence-electron chi connectivity index (χ1n) is 7.12. The zero-order chi connectivity index (χ0) is 15.0. The third kappa shape index (κ3) is 2.45. The van der Waals surface area contributed by atoms with Crippen molar-refractivity contribution in [2.45, 2.75) is 33.0 Å². The summed E-state index contributed by atoms with van der Waals surface area (Å²) in [5.74, 6) is 0.635. The van der Waals surface area contributed by atoms with E-state index in [2.05, 4.69) is 9.55 Å².